The van der Waals surface area contributed by atoms with Gasteiger partial charge in [0.15, 0.2) is 0 Å². The van der Waals surface area contributed by atoms with E-state index in [1.54, 1.807) is 50.6 Å². The number of hydrogen-bond donors (Lipinski definition) is 17. The van der Waals surface area contributed by atoms with Crippen LogP contribution in [0.25, 0.3) is 10.9 Å². The van der Waals surface area contributed by atoms with Crippen molar-refractivity contribution in [2.45, 2.75) is 140 Å². The smallest absolute Gasteiger partial charge is 0.322 e. The molecule has 31 heteroatoms. The molecule has 1 fully saturated rings. The number of aromatic nitrogens is 1. The second kappa shape index (κ2) is 35.8. The lowest BCUT2D eigenvalue weighted by molar-refractivity contribution is -0.141. The van der Waals surface area contributed by atoms with Crippen LogP contribution in [0.2, 0.25) is 0 Å². The van der Waals surface area contributed by atoms with Crippen molar-refractivity contribution in [3.63, 3.8) is 0 Å². The Kier molecular flexibility index (Phi) is 30.0. The minimum atomic E-state index is -1.69. The maximum Gasteiger partial charge on any atom is 0.322 e. The molecule has 0 bridgehead atoms. The fourth-order valence-electron chi connectivity index (χ4n) is 8.42. The van der Waals surface area contributed by atoms with Crippen molar-refractivity contribution in [1.82, 2.24) is 68.8 Å². The number of para-hydroxylation sites is 1. The molecule has 1 saturated heterocycles. The third kappa shape index (κ3) is 23.8. The van der Waals surface area contributed by atoms with Gasteiger partial charge in [-0.1, -0.05) is 38.5 Å². The van der Waals surface area contributed by atoms with Gasteiger partial charge in [-0.25, -0.2) is 0 Å². The molecule has 11 amide bonds. The molecular weight excluding hydrogens is 1110 g/mol. The average Bonchev–Trinajstić information content (AvgIpc) is 4.29. The number of unbranched alkanes of at least 4 members (excludes halogenated alkanes) is 1. The van der Waals surface area contributed by atoms with Crippen LogP contribution in [0.3, 0.4) is 0 Å². The summed E-state index contributed by atoms with van der Waals surface area (Å²) in [6, 6.07) is -4.20. The summed E-state index contributed by atoms with van der Waals surface area (Å²) in [4.78, 5) is 172. The van der Waals surface area contributed by atoms with Gasteiger partial charge in [0, 0.05) is 23.5 Å². The number of benzene rings is 1. The van der Waals surface area contributed by atoms with Gasteiger partial charge in [0.05, 0.1) is 32.2 Å². The first kappa shape index (κ1) is 69.4. The van der Waals surface area contributed by atoms with Crippen molar-refractivity contribution in [1.29, 1.82) is 0 Å². The van der Waals surface area contributed by atoms with Gasteiger partial charge in [-0.2, -0.15) is 11.8 Å². The van der Waals surface area contributed by atoms with Gasteiger partial charge in [-0.05, 0) is 95.0 Å². The number of aliphatic hydroxyl groups is 1. The lowest BCUT2D eigenvalue weighted by Gasteiger charge is -2.29. The fraction of sp³-hybridized carbons (Fsp3) is 0.596. The molecule has 1 aromatic heterocycles. The number of amides is 11. The van der Waals surface area contributed by atoms with Crippen molar-refractivity contribution in [2.24, 2.45) is 11.7 Å². The first-order valence-corrected chi connectivity index (χ1v) is 28.6. The minimum absolute atomic E-state index is 0.0400. The molecule has 0 spiro atoms. The first-order valence-electron chi connectivity index (χ1n) is 27.2. The van der Waals surface area contributed by atoms with E-state index in [0.717, 1.165) is 6.42 Å². The number of carboxylic acids is 2. The standard InChI is InChI=1S/C52H80N14O16S/c1-6-27(2)43(52(82)60-28(3)44(74)56-23-40(69)62-37(21-41(70)71)46(76)58-25-42(72)73)66-51(81)36(20-30-22-55-32-13-8-7-12-31(30)32)64-50(80)35(16-19-83-5)63-49(79)34(14-9-10-17-53)61-39(68)24-57-47(77)38(26-67)65-45(75)29(4)59-48(78)33-15-11-18-54-33/h7-8,12-13,22,27-29,33-38,43,54-55,67H,6,9-11,14-21,23-26,53H2,1-5H3,(H,56,74)(H,57,77)(H,58,76)(H,59,78)(H,60,82)(H,61,68)(H,62,69)(H,63,79)(H,64,80)(H,65,75)(H,66,81)(H,70,71)(H,72,73)/t27-,28-,29-,33-,34-,35-,36-,37-,38-,43-/m0/s1. The zero-order valence-corrected chi connectivity index (χ0v) is 47.9. The van der Waals surface area contributed by atoms with Crippen molar-refractivity contribution in [3.8, 4) is 0 Å². The number of aromatic amines is 1. The Labute approximate surface area is 483 Å². The summed E-state index contributed by atoms with van der Waals surface area (Å²) >= 11 is 1.36. The third-order valence-electron chi connectivity index (χ3n) is 13.4. The van der Waals surface area contributed by atoms with Gasteiger partial charge in [-0.3, -0.25) is 62.3 Å². The number of rotatable bonds is 37. The molecule has 2 heterocycles. The number of thioether (sulfide) groups is 1. The molecule has 1 aliphatic rings. The summed E-state index contributed by atoms with van der Waals surface area (Å²) in [5.41, 5.74) is 7.04. The number of nitrogens with two attached hydrogens (primary N) is 1. The van der Waals surface area contributed by atoms with E-state index in [2.05, 4.69) is 63.5 Å². The van der Waals surface area contributed by atoms with Gasteiger partial charge in [-0.15, -0.1) is 0 Å². The number of hydrogen-bond acceptors (Lipinski definition) is 17. The molecule has 18 N–H and O–H groups in total. The van der Waals surface area contributed by atoms with E-state index in [4.69, 9.17) is 10.8 Å². The number of aliphatic hydroxyl groups excluding tert-OH is 1. The van der Waals surface area contributed by atoms with Crippen LogP contribution in [-0.4, -0.2) is 203 Å². The summed E-state index contributed by atoms with van der Waals surface area (Å²) in [5.74, 6) is -12.4. The highest BCUT2D eigenvalue weighted by Gasteiger charge is 2.35. The highest BCUT2D eigenvalue weighted by Crippen LogP contribution is 2.20. The number of fused-ring (bicyclic) bond motifs is 1. The molecule has 0 saturated carbocycles. The molecular formula is C52H80N14O16S. The Balaban J connectivity index is 1.78. The maximum atomic E-state index is 14.6. The van der Waals surface area contributed by atoms with Gasteiger partial charge in [0.2, 0.25) is 65.0 Å². The highest BCUT2D eigenvalue weighted by atomic mass is 32.2. The normalized spacial score (nSPS) is 16.1. The lowest BCUT2D eigenvalue weighted by atomic mass is 9.96. The molecule has 1 aromatic carbocycles. The number of aliphatic carboxylic acids is 2. The van der Waals surface area contributed by atoms with E-state index in [1.165, 1.54) is 25.6 Å². The Hall–Kier alpha value is -7.90. The molecule has 0 aliphatic carbocycles. The van der Waals surface area contributed by atoms with Gasteiger partial charge < -0.3 is 89.8 Å². The van der Waals surface area contributed by atoms with E-state index in [-0.39, 0.29) is 25.8 Å². The molecule has 30 nitrogen and oxygen atoms in total. The van der Waals surface area contributed by atoms with Gasteiger partial charge >= 0.3 is 11.9 Å². The highest BCUT2D eigenvalue weighted by molar-refractivity contribution is 7.98. The van der Waals surface area contributed by atoms with E-state index < -0.39 is 170 Å². The quantitative estimate of drug-likeness (QED) is 0.0282. The second-order valence-corrected chi connectivity index (χ2v) is 20.8. The van der Waals surface area contributed by atoms with Crippen LogP contribution in [0.15, 0.2) is 30.5 Å². The van der Waals surface area contributed by atoms with Crippen LogP contribution in [-0.2, 0) is 68.7 Å². The van der Waals surface area contributed by atoms with Crippen LogP contribution >= 0.6 is 11.8 Å². The van der Waals surface area contributed by atoms with E-state index in [0.29, 0.717) is 54.4 Å². The Morgan fingerprint density at radius 2 is 1.22 bits per heavy atom. The van der Waals surface area contributed by atoms with E-state index >= 15 is 0 Å². The number of nitrogens with one attached hydrogen (secondary N) is 13. The zero-order chi connectivity index (χ0) is 61.8. The van der Waals surface area contributed by atoms with E-state index in [9.17, 15) is 72.5 Å². The molecule has 0 unspecified atom stereocenters. The summed E-state index contributed by atoms with van der Waals surface area (Å²) in [5, 5.41) is 58.5. The summed E-state index contributed by atoms with van der Waals surface area (Å²) in [6.45, 7) is 3.79. The Morgan fingerprint density at radius 1 is 0.639 bits per heavy atom. The number of carbonyl (C=O) groups is 13. The number of carbonyl (C=O) groups excluding carboxylic acids is 11. The average molecular weight is 1190 g/mol. The number of carboxylic acid groups (broad SMARTS) is 2. The molecule has 2 aromatic rings. The topological polar surface area (TPSA) is 469 Å². The minimum Gasteiger partial charge on any atom is -0.481 e. The molecule has 83 heavy (non-hydrogen) atoms. The third-order valence-corrected chi connectivity index (χ3v) is 14.0. The van der Waals surface area contributed by atoms with Crippen molar-refractivity contribution >= 4 is 99.6 Å². The summed E-state index contributed by atoms with van der Waals surface area (Å²) < 4.78 is 0. The van der Waals surface area contributed by atoms with Crippen molar-refractivity contribution in [3.05, 3.63) is 36.0 Å². The monoisotopic (exact) mass is 1190 g/mol. The molecule has 460 valence electrons. The molecule has 1 aliphatic heterocycles. The van der Waals surface area contributed by atoms with E-state index in [1.807, 2.05) is 5.32 Å². The van der Waals surface area contributed by atoms with Crippen LogP contribution in [0.5, 0.6) is 0 Å². The first-order chi connectivity index (χ1) is 39.4. The van der Waals surface area contributed by atoms with Crippen LogP contribution < -0.4 is 69.5 Å². The van der Waals surface area contributed by atoms with Gasteiger partial charge in [0.25, 0.3) is 0 Å². The largest absolute Gasteiger partial charge is 0.481 e. The van der Waals surface area contributed by atoms with Crippen LogP contribution in [0, 0.1) is 5.92 Å². The van der Waals surface area contributed by atoms with Crippen LogP contribution in [0.1, 0.15) is 84.6 Å². The Morgan fingerprint density at radius 3 is 1.82 bits per heavy atom. The predicted molar refractivity (Wildman–Crippen MR) is 301 cm³/mol. The lowest BCUT2D eigenvalue weighted by Crippen LogP contribution is -2.60. The number of H-pyrrole nitrogens is 1. The van der Waals surface area contributed by atoms with Gasteiger partial charge in [0.1, 0.15) is 54.9 Å². The molecule has 0 radical (unpaired) electrons. The zero-order valence-electron chi connectivity index (χ0n) is 47.1. The fourth-order valence-corrected chi connectivity index (χ4v) is 8.89. The summed E-state index contributed by atoms with van der Waals surface area (Å²) in [6.07, 6.45) is 4.98. The Bertz CT molecular complexity index is 2600. The maximum absolute atomic E-state index is 14.6. The molecule has 10 atom stereocenters. The predicted octanol–water partition coefficient (Wildman–Crippen LogP) is -4.79. The summed E-state index contributed by atoms with van der Waals surface area (Å²) in [7, 11) is 0. The SMILES string of the molecule is CC[C@H](C)[C@H](NC(=O)[C@H](Cc1c[nH]c2ccccc12)NC(=O)[C@H](CCSC)NC(=O)[C@H](CCCCN)NC(=O)CNC(=O)[C@H](CO)NC(=O)[C@H](C)NC(=O)[C@@H]1CCCN1)C(=O)N[C@@H](C)C(=O)NCC(=O)N[C@@H](CC(=O)O)C(=O)NCC(=O)O. The van der Waals surface area contributed by atoms with Crippen molar-refractivity contribution in [2.75, 3.05) is 51.3 Å². The second-order valence-electron chi connectivity index (χ2n) is 19.9. The van der Waals surface area contributed by atoms with Crippen molar-refractivity contribution < 1.29 is 77.6 Å². The van der Waals surface area contributed by atoms with Crippen LogP contribution in [0.4, 0.5) is 0 Å². The molecule has 3 rings (SSSR count).